The van der Waals surface area contributed by atoms with Gasteiger partial charge in [-0.3, -0.25) is 18.9 Å². The molecule has 0 radical (unpaired) electrons. The van der Waals surface area contributed by atoms with Crippen LogP contribution < -0.4 is 11.2 Å². The predicted molar refractivity (Wildman–Crippen MR) is 86.8 cm³/mol. The van der Waals surface area contributed by atoms with Crippen LogP contribution in [0.2, 0.25) is 0 Å². The summed E-state index contributed by atoms with van der Waals surface area (Å²) in [5.74, 6) is -0.328. The Balaban J connectivity index is 2.24. The lowest BCUT2D eigenvalue weighted by Crippen LogP contribution is -2.39. The summed E-state index contributed by atoms with van der Waals surface area (Å²) in [7, 11) is 2.83. The molecule has 1 aromatic rings. The van der Waals surface area contributed by atoms with Gasteiger partial charge in [0.05, 0.1) is 0 Å². The van der Waals surface area contributed by atoms with Crippen molar-refractivity contribution in [1.82, 2.24) is 9.13 Å². The molecule has 0 aliphatic heterocycles. The van der Waals surface area contributed by atoms with E-state index in [0.29, 0.717) is 12.3 Å². The van der Waals surface area contributed by atoms with Crippen LogP contribution in [0.4, 0.5) is 0 Å². The molecule has 6 nitrogen and oxygen atoms in total. The van der Waals surface area contributed by atoms with Crippen molar-refractivity contribution in [3.05, 3.63) is 38.1 Å². The first kappa shape index (κ1) is 16.3. The minimum Gasteiger partial charge on any atom is -0.494 e. The van der Waals surface area contributed by atoms with Gasteiger partial charge in [0.15, 0.2) is 0 Å². The van der Waals surface area contributed by atoms with Gasteiger partial charge in [-0.1, -0.05) is 11.6 Å². The molecule has 0 fully saturated rings. The third-order valence-electron chi connectivity index (χ3n) is 4.16. The highest BCUT2D eigenvalue weighted by molar-refractivity contribution is 6.00. The van der Waals surface area contributed by atoms with Gasteiger partial charge in [-0.25, -0.2) is 4.79 Å². The van der Waals surface area contributed by atoms with Gasteiger partial charge in [0, 0.05) is 26.4 Å². The quantitative estimate of drug-likeness (QED) is 0.676. The van der Waals surface area contributed by atoms with E-state index in [1.165, 1.54) is 32.5 Å². The third-order valence-corrected chi connectivity index (χ3v) is 4.16. The first-order chi connectivity index (χ1) is 10.4. The van der Waals surface area contributed by atoms with Crippen LogP contribution in [0.5, 0.6) is 5.88 Å². The van der Waals surface area contributed by atoms with Crippen molar-refractivity contribution >= 4 is 5.71 Å². The smallest absolute Gasteiger partial charge is 0.333 e. The summed E-state index contributed by atoms with van der Waals surface area (Å²) in [6, 6.07) is 0. The second-order valence-corrected chi connectivity index (χ2v) is 5.73. The molecule has 0 amide bonds. The molecular weight excluding hydrogens is 282 g/mol. The molecule has 6 heteroatoms. The van der Waals surface area contributed by atoms with Gasteiger partial charge in [-0.05, 0) is 39.0 Å². The molecule has 22 heavy (non-hydrogen) atoms. The zero-order valence-corrected chi connectivity index (χ0v) is 13.4. The van der Waals surface area contributed by atoms with E-state index >= 15 is 0 Å². The molecule has 0 bridgehead atoms. The second-order valence-electron chi connectivity index (χ2n) is 5.73. The normalized spacial score (nSPS) is 15.8. The number of nitrogens with zero attached hydrogens (tertiary/aromatic N) is 3. The average Bonchev–Trinajstić information content (AvgIpc) is 2.52. The molecule has 1 heterocycles. The number of hydrogen-bond acceptors (Lipinski definition) is 4. The minimum atomic E-state index is -0.550. The Labute approximate surface area is 129 Å². The predicted octanol–water partition coefficient (Wildman–Crippen LogP) is 1.49. The zero-order valence-electron chi connectivity index (χ0n) is 13.4. The van der Waals surface area contributed by atoms with Gasteiger partial charge in [-0.2, -0.15) is 0 Å². The fourth-order valence-corrected chi connectivity index (χ4v) is 2.73. The van der Waals surface area contributed by atoms with E-state index in [1.54, 1.807) is 6.92 Å². The molecule has 0 saturated heterocycles. The topological polar surface area (TPSA) is 76.6 Å². The highest BCUT2D eigenvalue weighted by Gasteiger charge is 2.17. The maximum absolute atomic E-state index is 12.2. The fraction of sp³-hybridized carbons (Fsp3) is 0.562. The van der Waals surface area contributed by atoms with E-state index in [2.05, 4.69) is 11.1 Å². The maximum Gasteiger partial charge on any atom is 0.333 e. The molecular formula is C16H23N3O3. The minimum absolute atomic E-state index is 0.0993. The van der Waals surface area contributed by atoms with Crippen LogP contribution in [0.25, 0.3) is 0 Å². The summed E-state index contributed by atoms with van der Waals surface area (Å²) < 4.78 is 2.04. The highest BCUT2D eigenvalue weighted by Crippen LogP contribution is 2.20. The van der Waals surface area contributed by atoms with Gasteiger partial charge in [0.25, 0.3) is 5.56 Å². The average molecular weight is 305 g/mol. The maximum atomic E-state index is 12.2. The number of aliphatic imine (C=N–C) groups is 1. The molecule has 1 aliphatic rings. The standard InChI is InChI=1S/C16H23N3O3/c1-11(17-10-9-12-7-5-4-6-8-12)13-14(20)18(2)16(22)19(3)15(13)21/h7,20H,4-6,8-10H2,1-3H3. The van der Waals surface area contributed by atoms with Crippen molar-refractivity contribution in [3.8, 4) is 5.88 Å². The Morgan fingerprint density at radius 3 is 2.64 bits per heavy atom. The van der Waals surface area contributed by atoms with E-state index in [4.69, 9.17) is 0 Å². The summed E-state index contributed by atoms with van der Waals surface area (Å²) in [6.07, 6.45) is 7.91. The Hall–Kier alpha value is -2.11. The molecule has 0 spiro atoms. The van der Waals surface area contributed by atoms with Crippen LogP contribution >= 0.6 is 0 Å². The molecule has 0 saturated carbocycles. The molecule has 120 valence electrons. The molecule has 2 rings (SSSR count). The number of aromatic hydroxyl groups is 1. The zero-order chi connectivity index (χ0) is 16.3. The van der Waals surface area contributed by atoms with Gasteiger partial charge < -0.3 is 5.11 Å². The van der Waals surface area contributed by atoms with E-state index in [0.717, 1.165) is 28.4 Å². The molecule has 0 unspecified atom stereocenters. The van der Waals surface area contributed by atoms with Crippen LogP contribution in [-0.4, -0.2) is 26.5 Å². The molecule has 1 aliphatic carbocycles. The largest absolute Gasteiger partial charge is 0.494 e. The monoisotopic (exact) mass is 305 g/mol. The Morgan fingerprint density at radius 2 is 2.00 bits per heavy atom. The van der Waals surface area contributed by atoms with Gasteiger partial charge in [0.2, 0.25) is 5.88 Å². The van der Waals surface area contributed by atoms with Crippen molar-refractivity contribution in [2.45, 2.75) is 39.0 Å². The first-order valence-electron chi connectivity index (χ1n) is 7.61. The Bertz CT molecular complexity index is 738. The Morgan fingerprint density at radius 1 is 1.27 bits per heavy atom. The van der Waals surface area contributed by atoms with Gasteiger partial charge in [0.1, 0.15) is 5.56 Å². The summed E-state index contributed by atoms with van der Waals surface area (Å²) in [5, 5.41) is 10.1. The lowest BCUT2D eigenvalue weighted by Gasteiger charge is -2.12. The molecule has 0 aromatic carbocycles. The van der Waals surface area contributed by atoms with Crippen molar-refractivity contribution in [2.24, 2.45) is 19.1 Å². The number of rotatable bonds is 4. The fourth-order valence-electron chi connectivity index (χ4n) is 2.73. The lowest BCUT2D eigenvalue weighted by atomic mass is 9.97. The third kappa shape index (κ3) is 3.21. The van der Waals surface area contributed by atoms with Crippen LogP contribution in [0.15, 0.2) is 26.2 Å². The van der Waals surface area contributed by atoms with Crippen molar-refractivity contribution in [3.63, 3.8) is 0 Å². The summed E-state index contributed by atoms with van der Waals surface area (Å²) in [6.45, 7) is 2.28. The molecule has 1 aromatic heterocycles. The van der Waals surface area contributed by atoms with E-state index in [1.807, 2.05) is 0 Å². The van der Waals surface area contributed by atoms with Crippen LogP contribution in [-0.2, 0) is 14.1 Å². The van der Waals surface area contributed by atoms with Crippen LogP contribution in [0, 0.1) is 0 Å². The summed E-state index contributed by atoms with van der Waals surface area (Å²) in [5.41, 5.74) is 0.915. The van der Waals surface area contributed by atoms with Crippen molar-refractivity contribution < 1.29 is 5.11 Å². The summed E-state index contributed by atoms with van der Waals surface area (Å²) in [4.78, 5) is 28.3. The van der Waals surface area contributed by atoms with E-state index < -0.39 is 11.2 Å². The number of hydrogen-bond donors (Lipinski definition) is 1. The van der Waals surface area contributed by atoms with Gasteiger partial charge in [-0.15, -0.1) is 0 Å². The second kappa shape index (κ2) is 6.77. The van der Waals surface area contributed by atoms with E-state index in [-0.39, 0.29) is 11.4 Å². The first-order valence-corrected chi connectivity index (χ1v) is 7.61. The number of aromatic nitrogens is 2. The summed E-state index contributed by atoms with van der Waals surface area (Å²) >= 11 is 0. The molecule has 1 N–H and O–H groups in total. The highest BCUT2D eigenvalue weighted by atomic mass is 16.3. The lowest BCUT2D eigenvalue weighted by molar-refractivity contribution is 0.410. The van der Waals surface area contributed by atoms with Crippen LogP contribution in [0.1, 0.15) is 44.6 Å². The van der Waals surface area contributed by atoms with Crippen LogP contribution in [0.3, 0.4) is 0 Å². The van der Waals surface area contributed by atoms with Gasteiger partial charge >= 0.3 is 5.69 Å². The van der Waals surface area contributed by atoms with Crippen molar-refractivity contribution in [2.75, 3.05) is 6.54 Å². The van der Waals surface area contributed by atoms with E-state index in [9.17, 15) is 14.7 Å². The SMILES string of the molecule is CC(=NCCC1=CCCCC1)c1c(O)n(C)c(=O)n(C)c1=O. The Kier molecular flexibility index (Phi) is 5.00. The molecule has 0 atom stereocenters. The van der Waals surface area contributed by atoms with Crippen molar-refractivity contribution in [1.29, 1.82) is 0 Å². The number of allylic oxidation sites excluding steroid dienone is 1.